The van der Waals surface area contributed by atoms with Crippen LogP contribution in [-0.2, 0) is 27.7 Å². The molecule has 10 heteroatoms. The summed E-state index contributed by atoms with van der Waals surface area (Å²) in [5.41, 5.74) is 1.84. The number of anilines is 1. The number of amides is 1. The van der Waals surface area contributed by atoms with E-state index in [1.165, 1.54) is 46.5 Å². The monoisotopic (exact) mass is 462 g/mol. The van der Waals surface area contributed by atoms with E-state index in [9.17, 15) is 13.2 Å². The number of thiophene rings is 1. The topological polar surface area (TPSA) is 115 Å². The number of fused-ring (bicyclic) bond motifs is 3. The lowest BCUT2D eigenvalue weighted by Gasteiger charge is -2.18. The minimum absolute atomic E-state index is 0.00264. The Morgan fingerprint density at radius 1 is 1.30 bits per heavy atom. The maximum Gasteiger partial charge on any atom is 0.238 e. The third-order valence-corrected chi connectivity index (χ3v) is 8.36. The summed E-state index contributed by atoms with van der Waals surface area (Å²) >= 11 is 3.15. The van der Waals surface area contributed by atoms with E-state index in [0.717, 1.165) is 34.5 Å². The van der Waals surface area contributed by atoms with Crippen molar-refractivity contribution in [3.8, 4) is 0 Å². The van der Waals surface area contributed by atoms with Crippen LogP contribution in [-0.4, -0.2) is 29.5 Å². The number of primary sulfonamides is 1. The van der Waals surface area contributed by atoms with E-state index in [0.29, 0.717) is 11.6 Å². The van der Waals surface area contributed by atoms with Crippen molar-refractivity contribution >= 4 is 54.9 Å². The highest BCUT2D eigenvalue weighted by atomic mass is 32.2. The Hall–Kier alpha value is -2.01. The van der Waals surface area contributed by atoms with Crippen LogP contribution in [0.5, 0.6) is 0 Å². The number of carbonyl (C=O) groups is 1. The maximum atomic E-state index is 12.7. The van der Waals surface area contributed by atoms with Crippen LogP contribution in [0.25, 0.3) is 10.2 Å². The van der Waals surface area contributed by atoms with Crippen LogP contribution < -0.4 is 10.5 Å². The number of rotatable bonds is 5. The van der Waals surface area contributed by atoms with Gasteiger partial charge in [0.15, 0.2) is 0 Å². The average Bonchev–Trinajstić information content (AvgIpc) is 3.06. The molecular weight excluding hydrogens is 440 g/mol. The van der Waals surface area contributed by atoms with Gasteiger partial charge in [-0.2, -0.15) is 0 Å². The molecule has 158 valence electrons. The number of aromatic nitrogens is 2. The van der Waals surface area contributed by atoms with E-state index in [4.69, 9.17) is 5.14 Å². The zero-order chi connectivity index (χ0) is 21.5. The van der Waals surface area contributed by atoms with Crippen molar-refractivity contribution in [2.45, 2.75) is 48.3 Å². The van der Waals surface area contributed by atoms with E-state index >= 15 is 0 Å². The molecule has 0 fully saturated rings. The second-order valence-corrected chi connectivity index (χ2v) is 11.5. The number of carbonyl (C=O) groups excluding carboxylic acids is 1. The van der Waals surface area contributed by atoms with Crippen LogP contribution in [0, 0.1) is 5.92 Å². The van der Waals surface area contributed by atoms with Crippen LogP contribution in [0.4, 0.5) is 5.69 Å². The van der Waals surface area contributed by atoms with Crippen LogP contribution in [0.2, 0.25) is 0 Å². The summed E-state index contributed by atoms with van der Waals surface area (Å²) in [7, 11) is -3.76. The fraction of sp³-hybridized carbons (Fsp3) is 0.350. The molecule has 30 heavy (non-hydrogen) atoms. The molecule has 0 spiro atoms. The van der Waals surface area contributed by atoms with Gasteiger partial charge in [0.05, 0.1) is 10.1 Å². The second kappa shape index (κ2) is 8.26. The van der Waals surface area contributed by atoms with Gasteiger partial charge in [0.25, 0.3) is 0 Å². The van der Waals surface area contributed by atoms with E-state index in [2.05, 4.69) is 22.2 Å². The van der Waals surface area contributed by atoms with Crippen molar-refractivity contribution < 1.29 is 13.2 Å². The van der Waals surface area contributed by atoms with E-state index < -0.39 is 10.0 Å². The number of nitrogens with zero attached hydrogens (tertiary/aromatic N) is 2. The Labute approximate surface area is 183 Å². The number of thioether (sulfide) groups is 1. The van der Waals surface area contributed by atoms with Crippen LogP contribution in [0.15, 0.2) is 40.5 Å². The highest BCUT2D eigenvalue weighted by Gasteiger charge is 2.25. The molecule has 0 saturated carbocycles. The fourth-order valence-corrected chi connectivity index (χ4v) is 6.41. The number of nitrogens with one attached hydrogen (secondary N) is 1. The largest absolute Gasteiger partial charge is 0.325 e. The molecule has 3 aromatic rings. The first-order valence-corrected chi connectivity index (χ1v) is 12.8. The van der Waals surface area contributed by atoms with Crippen LogP contribution in [0.1, 0.15) is 30.7 Å². The minimum Gasteiger partial charge on any atom is -0.325 e. The first-order chi connectivity index (χ1) is 14.2. The molecule has 2 atom stereocenters. The Bertz CT molecular complexity index is 1210. The molecule has 0 radical (unpaired) electrons. The lowest BCUT2D eigenvalue weighted by Crippen LogP contribution is -2.22. The third kappa shape index (κ3) is 4.36. The quantitative estimate of drug-likeness (QED) is 0.442. The smallest absolute Gasteiger partial charge is 0.238 e. The van der Waals surface area contributed by atoms with Crippen molar-refractivity contribution in [1.82, 2.24) is 9.97 Å². The molecule has 2 aromatic heterocycles. The number of sulfonamides is 1. The Balaban J connectivity index is 1.52. The molecule has 2 heterocycles. The zero-order valence-corrected chi connectivity index (χ0v) is 19.0. The van der Waals surface area contributed by atoms with Crippen molar-refractivity contribution in [2.75, 3.05) is 5.32 Å². The summed E-state index contributed by atoms with van der Waals surface area (Å²) < 4.78 is 22.7. The van der Waals surface area contributed by atoms with Gasteiger partial charge in [-0.25, -0.2) is 23.5 Å². The Morgan fingerprint density at radius 2 is 2.03 bits per heavy atom. The summed E-state index contributed by atoms with van der Waals surface area (Å²) in [5.74, 6) is 0.493. The highest BCUT2D eigenvalue weighted by Crippen LogP contribution is 2.41. The first kappa shape index (κ1) is 21.2. The SMILES string of the molecule is C[C@@H]1CCc2c(sc3ncnc(S[C@H](C)C(=O)Nc4ccc(S(N)(=O)=O)cc4)c23)C1. The van der Waals surface area contributed by atoms with Gasteiger partial charge >= 0.3 is 0 Å². The van der Waals surface area contributed by atoms with Gasteiger partial charge in [0.1, 0.15) is 16.2 Å². The predicted octanol–water partition coefficient (Wildman–Crippen LogP) is 3.58. The van der Waals surface area contributed by atoms with E-state index in [1.807, 2.05) is 6.92 Å². The predicted molar refractivity (Wildman–Crippen MR) is 120 cm³/mol. The number of benzene rings is 1. The molecule has 1 amide bonds. The first-order valence-electron chi connectivity index (χ1n) is 9.58. The Kier molecular flexibility index (Phi) is 5.84. The van der Waals surface area contributed by atoms with Gasteiger partial charge in [-0.05, 0) is 61.9 Å². The number of hydrogen-bond donors (Lipinski definition) is 2. The second-order valence-electron chi connectivity index (χ2n) is 7.53. The van der Waals surface area contributed by atoms with Gasteiger partial charge < -0.3 is 5.32 Å². The highest BCUT2D eigenvalue weighted by molar-refractivity contribution is 8.00. The van der Waals surface area contributed by atoms with Crippen molar-refractivity contribution in [1.29, 1.82) is 0 Å². The molecule has 0 saturated heterocycles. The molecule has 3 N–H and O–H groups in total. The minimum atomic E-state index is -3.76. The zero-order valence-electron chi connectivity index (χ0n) is 16.6. The molecular formula is C20H22N4O3S3. The molecule has 0 unspecified atom stereocenters. The van der Waals surface area contributed by atoms with Crippen LogP contribution in [0.3, 0.4) is 0 Å². The fourth-order valence-electron chi connectivity index (χ4n) is 3.53. The normalized spacial score (nSPS) is 17.5. The van der Waals surface area contributed by atoms with Crippen molar-refractivity contribution in [2.24, 2.45) is 11.1 Å². The summed E-state index contributed by atoms with van der Waals surface area (Å²) in [5, 5.41) is 9.45. The summed E-state index contributed by atoms with van der Waals surface area (Å²) in [4.78, 5) is 24.0. The van der Waals surface area contributed by atoms with Gasteiger partial charge in [-0.1, -0.05) is 18.7 Å². The van der Waals surface area contributed by atoms with Crippen molar-refractivity contribution in [3.63, 3.8) is 0 Å². The van der Waals surface area contributed by atoms with E-state index in [1.54, 1.807) is 17.7 Å². The van der Waals surface area contributed by atoms with Gasteiger partial charge in [-0.15, -0.1) is 11.3 Å². The van der Waals surface area contributed by atoms with Crippen LogP contribution >= 0.6 is 23.1 Å². The number of nitrogens with two attached hydrogens (primary N) is 1. The summed E-state index contributed by atoms with van der Waals surface area (Å²) in [6, 6.07) is 5.79. The summed E-state index contributed by atoms with van der Waals surface area (Å²) in [6.45, 7) is 4.10. The maximum absolute atomic E-state index is 12.7. The van der Waals surface area contributed by atoms with Gasteiger partial charge in [0, 0.05) is 16.0 Å². The van der Waals surface area contributed by atoms with Gasteiger partial charge in [-0.3, -0.25) is 4.79 Å². The average molecular weight is 463 g/mol. The molecule has 1 aromatic carbocycles. The van der Waals surface area contributed by atoms with E-state index in [-0.39, 0.29) is 16.1 Å². The molecule has 0 aliphatic heterocycles. The lowest BCUT2D eigenvalue weighted by molar-refractivity contribution is -0.115. The Morgan fingerprint density at radius 3 is 2.73 bits per heavy atom. The molecule has 4 rings (SSSR count). The standard InChI is InChI=1S/C20H22N4O3S3/c1-11-3-8-15-16(9-11)29-20-17(15)19(22-10-23-20)28-12(2)18(25)24-13-4-6-14(7-5-13)30(21,26)27/h4-7,10-12H,3,8-9H2,1-2H3,(H,24,25)(H2,21,26,27)/t11-,12-/m1/s1. The lowest BCUT2D eigenvalue weighted by atomic mass is 9.89. The number of aryl methyl sites for hydroxylation is 1. The molecule has 1 aliphatic rings. The summed E-state index contributed by atoms with van der Waals surface area (Å²) in [6.07, 6.45) is 4.81. The molecule has 1 aliphatic carbocycles. The molecule has 0 bridgehead atoms. The molecule has 7 nitrogen and oxygen atoms in total. The van der Waals surface area contributed by atoms with Crippen molar-refractivity contribution in [3.05, 3.63) is 41.0 Å². The third-order valence-electron chi connectivity index (χ3n) is 5.16. The van der Waals surface area contributed by atoms with Gasteiger partial charge in [0.2, 0.25) is 15.9 Å². The number of hydrogen-bond acceptors (Lipinski definition) is 7.